The van der Waals surface area contributed by atoms with E-state index in [2.05, 4.69) is 15.3 Å². The van der Waals surface area contributed by atoms with Crippen molar-refractivity contribution in [3.63, 3.8) is 0 Å². The van der Waals surface area contributed by atoms with E-state index in [4.69, 9.17) is 5.14 Å². The summed E-state index contributed by atoms with van der Waals surface area (Å²) in [5.74, 6) is 0.426. The van der Waals surface area contributed by atoms with Crippen LogP contribution in [0.25, 0.3) is 16.9 Å². The molecule has 0 aromatic carbocycles. The molecule has 0 saturated heterocycles. The van der Waals surface area contributed by atoms with E-state index in [0.29, 0.717) is 11.4 Å². The molecule has 0 radical (unpaired) electrons. The maximum atomic E-state index is 11.6. The molecule has 0 aliphatic rings. The molecule has 0 aliphatic carbocycles. The standard InChI is InChI=1S/C12H14N6O2S/c1-8(2)18-11(15-16-12(18)21(13,19)20)9-7-14-17-6-4-3-5-10(9)17/h3-8H,1-2H3,(H2,13,19,20). The van der Waals surface area contributed by atoms with Crippen LogP contribution in [0.1, 0.15) is 19.9 Å². The number of rotatable bonds is 3. The molecular weight excluding hydrogens is 292 g/mol. The first-order valence-corrected chi connectivity index (χ1v) is 7.84. The Balaban J connectivity index is 2.31. The molecule has 3 heterocycles. The van der Waals surface area contributed by atoms with Crippen LogP contribution in [0.4, 0.5) is 0 Å². The average Bonchev–Trinajstić information content (AvgIpc) is 3.01. The highest BCUT2D eigenvalue weighted by molar-refractivity contribution is 7.89. The van der Waals surface area contributed by atoms with Gasteiger partial charge in [-0.2, -0.15) is 5.10 Å². The van der Waals surface area contributed by atoms with Crippen molar-refractivity contribution in [1.29, 1.82) is 0 Å². The molecule has 0 atom stereocenters. The zero-order valence-corrected chi connectivity index (χ0v) is 12.3. The van der Waals surface area contributed by atoms with E-state index in [-0.39, 0.29) is 11.2 Å². The molecule has 2 N–H and O–H groups in total. The van der Waals surface area contributed by atoms with Crippen LogP contribution >= 0.6 is 0 Å². The summed E-state index contributed by atoms with van der Waals surface area (Å²) in [6.07, 6.45) is 3.43. The van der Waals surface area contributed by atoms with Crippen molar-refractivity contribution in [1.82, 2.24) is 24.4 Å². The SMILES string of the molecule is CC(C)n1c(-c2cnn3ccccc23)nnc1S(N)(=O)=O. The smallest absolute Gasteiger partial charge is 0.273 e. The quantitative estimate of drug-likeness (QED) is 0.770. The van der Waals surface area contributed by atoms with E-state index in [0.717, 1.165) is 5.52 Å². The van der Waals surface area contributed by atoms with Gasteiger partial charge in [-0.05, 0) is 26.0 Å². The van der Waals surface area contributed by atoms with E-state index < -0.39 is 10.0 Å². The Bertz CT molecular complexity index is 909. The largest absolute Gasteiger partial charge is 0.294 e. The molecule has 0 fully saturated rings. The molecule has 0 bridgehead atoms. The number of aromatic nitrogens is 5. The number of primary sulfonamides is 1. The summed E-state index contributed by atoms with van der Waals surface area (Å²) in [6, 6.07) is 5.43. The lowest BCUT2D eigenvalue weighted by molar-refractivity contribution is 0.524. The summed E-state index contributed by atoms with van der Waals surface area (Å²) in [5, 5.41) is 16.9. The van der Waals surface area contributed by atoms with Gasteiger partial charge in [0.2, 0.25) is 0 Å². The molecule has 3 rings (SSSR count). The topological polar surface area (TPSA) is 108 Å². The Labute approximate surface area is 121 Å². The van der Waals surface area contributed by atoms with Gasteiger partial charge in [0.05, 0.1) is 17.3 Å². The molecule has 3 aromatic rings. The number of nitrogens with zero attached hydrogens (tertiary/aromatic N) is 5. The van der Waals surface area contributed by atoms with Gasteiger partial charge in [-0.1, -0.05) is 6.07 Å². The second-order valence-corrected chi connectivity index (χ2v) is 6.36. The lowest BCUT2D eigenvalue weighted by atomic mass is 10.2. The third kappa shape index (κ3) is 2.20. The van der Waals surface area contributed by atoms with Crippen LogP contribution in [0, 0.1) is 0 Å². The Morgan fingerprint density at radius 2 is 2.00 bits per heavy atom. The van der Waals surface area contributed by atoms with Crippen molar-refractivity contribution < 1.29 is 8.42 Å². The average molecular weight is 306 g/mol. The van der Waals surface area contributed by atoms with Gasteiger partial charge in [-0.3, -0.25) is 4.57 Å². The van der Waals surface area contributed by atoms with E-state index in [9.17, 15) is 8.42 Å². The van der Waals surface area contributed by atoms with Crippen molar-refractivity contribution in [2.45, 2.75) is 25.0 Å². The number of fused-ring (bicyclic) bond motifs is 1. The minimum Gasteiger partial charge on any atom is -0.294 e. The number of pyridine rings is 1. The molecule has 3 aromatic heterocycles. The molecule has 0 saturated carbocycles. The van der Waals surface area contributed by atoms with Crippen LogP contribution in [-0.4, -0.2) is 32.8 Å². The van der Waals surface area contributed by atoms with Crippen molar-refractivity contribution >= 4 is 15.5 Å². The van der Waals surface area contributed by atoms with Crippen LogP contribution in [-0.2, 0) is 10.0 Å². The summed E-state index contributed by atoms with van der Waals surface area (Å²) < 4.78 is 26.5. The van der Waals surface area contributed by atoms with Gasteiger partial charge >= 0.3 is 0 Å². The van der Waals surface area contributed by atoms with E-state index in [1.54, 1.807) is 16.9 Å². The Hall–Kier alpha value is -2.26. The normalized spacial score (nSPS) is 12.4. The van der Waals surface area contributed by atoms with Gasteiger partial charge in [0.1, 0.15) is 0 Å². The van der Waals surface area contributed by atoms with Gasteiger partial charge in [0.15, 0.2) is 5.82 Å². The van der Waals surface area contributed by atoms with Crippen LogP contribution in [0.3, 0.4) is 0 Å². The molecule has 21 heavy (non-hydrogen) atoms. The zero-order chi connectivity index (χ0) is 15.2. The summed E-state index contributed by atoms with van der Waals surface area (Å²) >= 11 is 0. The van der Waals surface area contributed by atoms with Gasteiger partial charge in [-0.15, -0.1) is 10.2 Å². The maximum Gasteiger partial charge on any atom is 0.273 e. The van der Waals surface area contributed by atoms with Gasteiger partial charge in [0.25, 0.3) is 15.2 Å². The molecule has 8 nitrogen and oxygen atoms in total. The molecule has 0 aliphatic heterocycles. The summed E-state index contributed by atoms with van der Waals surface area (Å²) in [4.78, 5) is 0. The van der Waals surface area contributed by atoms with Crippen LogP contribution in [0.2, 0.25) is 0 Å². The van der Waals surface area contributed by atoms with E-state index in [1.807, 2.05) is 32.0 Å². The van der Waals surface area contributed by atoms with Crippen LogP contribution in [0.15, 0.2) is 35.7 Å². The lowest BCUT2D eigenvalue weighted by Gasteiger charge is -2.12. The van der Waals surface area contributed by atoms with Crippen molar-refractivity contribution in [2.24, 2.45) is 5.14 Å². The lowest BCUT2D eigenvalue weighted by Crippen LogP contribution is -2.20. The first kappa shape index (κ1) is 13.7. The van der Waals surface area contributed by atoms with Crippen LogP contribution in [0.5, 0.6) is 0 Å². The number of hydrogen-bond donors (Lipinski definition) is 1. The van der Waals surface area contributed by atoms with Gasteiger partial charge in [0, 0.05) is 12.2 Å². The second-order valence-electron chi connectivity index (χ2n) is 4.90. The first-order chi connectivity index (χ1) is 9.89. The molecular formula is C12H14N6O2S. The number of sulfonamides is 1. The first-order valence-electron chi connectivity index (χ1n) is 6.30. The number of nitrogens with two attached hydrogens (primary N) is 1. The third-order valence-electron chi connectivity index (χ3n) is 3.10. The predicted molar refractivity (Wildman–Crippen MR) is 76.0 cm³/mol. The molecule has 110 valence electrons. The fourth-order valence-corrected chi connectivity index (χ4v) is 2.95. The maximum absolute atomic E-state index is 11.6. The van der Waals surface area contributed by atoms with Crippen molar-refractivity contribution in [3.8, 4) is 11.4 Å². The second kappa shape index (κ2) is 4.64. The van der Waals surface area contributed by atoms with Crippen molar-refractivity contribution in [2.75, 3.05) is 0 Å². The zero-order valence-electron chi connectivity index (χ0n) is 11.5. The fourth-order valence-electron chi connectivity index (χ4n) is 2.23. The Kier molecular flexibility index (Phi) is 3.03. The predicted octanol–water partition coefficient (Wildman–Crippen LogP) is 0.821. The van der Waals surface area contributed by atoms with E-state index >= 15 is 0 Å². The van der Waals surface area contributed by atoms with Gasteiger partial charge < -0.3 is 0 Å². The van der Waals surface area contributed by atoms with E-state index in [1.165, 1.54) is 4.57 Å². The summed E-state index contributed by atoms with van der Waals surface area (Å²) in [5.41, 5.74) is 1.51. The van der Waals surface area contributed by atoms with Crippen LogP contribution < -0.4 is 5.14 Å². The highest BCUT2D eigenvalue weighted by Crippen LogP contribution is 2.27. The molecule has 0 unspecified atom stereocenters. The summed E-state index contributed by atoms with van der Waals surface area (Å²) in [7, 11) is -3.94. The summed E-state index contributed by atoms with van der Waals surface area (Å²) in [6.45, 7) is 3.68. The minimum atomic E-state index is -3.94. The monoisotopic (exact) mass is 306 g/mol. The molecule has 0 amide bonds. The molecule has 0 spiro atoms. The number of hydrogen-bond acceptors (Lipinski definition) is 5. The Morgan fingerprint density at radius 3 is 2.67 bits per heavy atom. The third-order valence-corrected chi connectivity index (χ3v) is 3.89. The Morgan fingerprint density at radius 1 is 1.24 bits per heavy atom. The minimum absolute atomic E-state index is 0.165. The van der Waals surface area contributed by atoms with Gasteiger partial charge in [-0.25, -0.2) is 18.1 Å². The van der Waals surface area contributed by atoms with Crippen molar-refractivity contribution in [3.05, 3.63) is 30.6 Å². The highest BCUT2D eigenvalue weighted by Gasteiger charge is 2.25. The molecule has 9 heteroatoms. The fraction of sp³-hybridized carbons (Fsp3) is 0.250. The highest BCUT2D eigenvalue weighted by atomic mass is 32.2.